The average molecular weight is 263 g/mol. The highest BCUT2D eigenvalue weighted by molar-refractivity contribution is 5.93. The lowest BCUT2D eigenvalue weighted by Gasteiger charge is -2.36. The number of aromatic nitrogens is 1. The third-order valence-electron chi connectivity index (χ3n) is 4.07. The number of carbonyl (C=O) groups excluding carboxylic acids is 1. The van der Waals surface area contributed by atoms with Gasteiger partial charge in [-0.25, -0.2) is 0 Å². The zero-order valence-corrected chi connectivity index (χ0v) is 12.0. The van der Waals surface area contributed by atoms with E-state index >= 15 is 0 Å². The van der Waals surface area contributed by atoms with Crippen molar-refractivity contribution in [1.82, 2.24) is 9.47 Å². The van der Waals surface area contributed by atoms with Crippen molar-refractivity contribution in [3.8, 4) is 0 Å². The number of amides is 1. The van der Waals surface area contributed by atoms with E-state index in [0.29, 0.717) is 12.1 Å². The van der Waals surface area contributed by atoms with E-state index in [2.05, 4.69) is 11.8 Å². The molecule has 1 fully saturated rings. The standard InChI is InChI=1S/C15H25N3O/c1-3-10-18(13-8-6-12(16)7-9-13)15(19)14-5-4-11-17(14)2/h4-5,11-13H,3,6-10,16H2,1-2H3. The lowest BCUT2D eigenvalue weighted by atomic mass is 9.90. The van der Waals surface area contributed by atoms with Gasteiger partial charge in [0.1, 0.15) is 5.69 Å². The van der Waals surface area contributed by atoms with Crippen molar-refractivity contribution in [2.24, 2.45) is 12.8 Å². The van der Waals surface area contributed by atoms with E-state index < -0.39 is 0 Å². The Morgan fingerprint density at radius 2 is 2.11 bits per heavy atom. The minimum Gasteiger partial charge on any atom is -0.347 e. The summed E-state index contributed by atoms with van der Waals surface area (Å²) in [6.07, 6.45) is 7.07. The molecule has 2 N–H and O–H groups in total. The fourth-order valence-electron chi connectivity index (χ4n) is 2.93. The van der Waals surface area contributed by atoms with Crippen LogP contribution in [0.25, 0.3) is 0 Å². The molecule has 0 unspecified atom stereocenters. The largest absolute Gasteiger partial charge is 0.347 e. The molecule has 0 atom stereocenters. The summed E-state index contributed by atoms with van der Waals surface area (Å²) >= 11 is 0. The summed E-state index contributed by atoms with van der Waals surface area (Å²) in [7, 11) is 1.92. The van der Waals surface area contributed by atoms with Crippen LogP contribution in [0.2, 0.25) is 0 Å². The summed E-state index contributed by atoms with van der Waals surface area (Å²) in [6, 6.07) is 4.51. The predicted octanol–water partition coefficient (Wildman–Crippen LogP) is 2.15. The normalized spacial score (nSPS) is 23.3. The van der Waals surface area contributed by atoms with Crippen LogP contribution < -0.4 is 5.73 Å². The van der Waals surface area contributed by atoms with E-state index in [1.165, 1.54) is 0 Å². The lowest BCUT2D eigenvalue weighted by molar-refractivity contribution is 0.0617. The molecule has 1 aliphatic rings. The molecule has 2 rings (SSSR count). The summed E-state index contributed by atoms with van der Waals surface area (Å²) in [5.74, 6) is 0.162. The van der Waals surface area contributed by atoms with Crippen LogP contribution in [0.5, 0.6) is 0 Å². The number of aryl methyl sites for hydroxylation is 1. The average Bonchev–Trinajstić information content (AvgIpc) is 2.83. The van der Waals surface area contributed by atoms with Gasteiger partial charge < -0.3 is 15.2 Å². The highest BCUT2D eigenvalue weighted by Gasteiger charge is 2.28. The molecule has 1 amide bonds. The molecule has 0 aromatic carbocycles. The molecule has 19 heavy (non-hydrogen) atoms. The monoisotopic (exact) mass is 263 g/mol. The summed E-state index contributed by atoms with van der Waals surface area (Å²) in [6.45, 7) is 2.96. The van der Waals surface area contributed by atoms with Gasteiger partial charge >= 0.3 is 0 Å². The van der Waals surface area contributed by atoms with Crippen molar-refractivity contribution in [2.45, 2.75) is 51.1 Å². The third-order valence-corrected chi connectivity index (χ3v) is 4.07. The van der Waals surface area contributed by atoms with Crippen LogP contribution in [-0.2, 0) is 7.05 Å². The van der Waals surface area contributed by atoms with Gasteiger partial charge in [0, 0.05) is 31.9 Å². The first kappa shape index (κ1) is 14.1. The maximum atomic E-state index is 12.7. The Morgan fingerprint density at radius 3 is 2.63 bits per heavy atom. The molecule has 1 aliphatic carbocycles. The molecule has 1 saturated carbocycles. The summed E-state index contributed by atoms with van der Waals surface area (Å²) in [4.78, 5) is 14.7. The summed E-state index contributed by atoms with van der Waals surface area (Å²) < 4.78 is 1.90. The number of nitrogens with zero attached hydrogens (tertiary/aromatic N) is 2. The van der Waals surface area contributed by atoms with Gasteiger partial charge in [0.2, 0.25) is 0 Å². The molecule has 0 radical (unpaired) electrons. The lowest BCUT2D eigenvalue weighted by Crippen LogP contribution is -2.45. The number of carbonyl (C=O) groups is 1. The van der Waals surface area contributed by atoms with Gasteiger partial charge in [-0.3, -0.25) is 4.79 Å². The van der Waals surface area contributed by atoms with Crippen molar-refractivity contribution in [3.63, 3.8) is 0 Å². The smallest absolute Gasteiger partial charge is 0.270 e. The molecule has 1 aromatic heterocycles. The van der Waals surface area contributed by atoms with Gasteiger partial charge in [-0.1, -0.05) is 6.92 Å². The number of rotatable bonds is 4. The SMILES string of the molecule is CCCN(C(=O)c1cccn1C)C1CCC(N)CC1. The maximum Gasteiger partial charge on any atom is 0.270 e. The Labute approximate surface area is 115 Å². The first-order chi connectivity index (χ1) is 9.13. The van der Waals surface area contributed by atoms with E-state index in [1.807, 2.05) is 29.9 Å². The second-order valence-electron chi connectivity index (χ2n) is 5.57. The van der Waals surface area contributed by atoms with Crippen LogP contribution in [0.4, 0.5) is 0 Å². The molecule has 4 nitrogen and oxygen atoms in total. The predicted molar refractivity (Wildman–Crippen MR) is 77.0 cm³/mol. The van der Waals surface area contributed by atoms with Crippen molar-refractivity contribution < 1.29 is 4.79 Å². The molecule has 0 spiro atoms. The Balaban J connectivity index is 2.11. The van der Waals surface area contributed by atoms with Crippen molar-refractivity contribution >= 4 is 5.91 Å². The molecule has 106 valence electrons. The van der Waals surface area contributed by atoms with Crippen LogP contribution in [0, 0.1) is 0 Å². The molecule has 1 heterocycles. The van der Waals surface area contributed by atoms with Gasteiger partial charge in [-0.2, -0.15) is 0 Å². The molecular formula is C15H25N3O. The summed E-state index contributed by atoms with van der Waals surface area (Å²) in [5, 5.41) is 0. The summed E-state index contributed by atoms with van der Waals surface area (Å²) in [5.41, 5.74) is 6.74. The van der Waals surface area contributed by atoms with E-state index in [1.54, 1.807) is 0 Å². The molecule has 1 aromatic rings. The van der Waals surface area contributed by atoms with E-state index in [0.717, 1.165) is 44.3 Å². The molecule has 0 aliphatic heterocycles. The van der Waals surface area contributed by atoms with E-state index in [4.69, 9.17) is 5.73 Å². The van der Waals surface area contributed by atoms with Crippen molar-refractivity contribution in [3.05, 3.63) is 24.0 Å². The molecule has 0 saturated heterocycles. The number of hydrogen-bond donors (Lipinski definition) is 1. The highest BCUT2D eigenvalue weighted by atomic mass is 16.2. The van der Waals surface area contributed by atoms with Crippen molar-refractivity contribution in [2.75, 3.05) is 6.54 Å². The zero-order chi connectivity index (χ0) is 13.8. The highest BCUT2D eigenvalue weighted by Crippen LogP contribution is 2.24. The van der Waals surface area contributed by atoms with E-state index in [9.17, 15) is 4.79 Å². The first-order valence-electron chi connectivity index (χ1n) is 7.31. The van der Waals surface area contributed by atoms with Gasteiger partial charge in [-0.15, -0.1) is 0 Å². The van der Waals surface area contributed by atoms with Crippen LogP contribution in [0.1, 0.15) is 49.5 Å². The van der Waals surface area contributed by atoms with Gasteiger partial charge in [0.05, 0.1) is 0 Å². The number of hydrogen-bond acceptors (Lipinski definition) is 2. The van der Waals surface area contributed by atoms with Crippen molar-refractivity contribution in [1.29, 1.82) is 0 Å². The molecule has 4 heteroatoms. The van der Waals surface area contributed by atoms with Gasteiger partial charge in [0.25, 0.3) is 5.91 Å². The maximum absolute atomic E-state index is 12.7. The van der Waals surface area contributed by atoms with Gasteiger partial charge in [0.15, 0.2) is 0 Å². The Morgan fingerprint density at radius 1 is 1.42 bits per heavy atom. The first-order valence-corrected chi connectivity index (χ1v) is 7.31. The number of nitrogens with two attached hydrogens (primary N) is 1. The second kappa shape index (κ2) is 6.24. The minimum atomic E-state index is 0.162. The van der Waals surface area contributed by atoms with Crippen LogP contribution >= 0.6 is 0 Å². The Hall–Kier alpha value is -1.29. The third kappa shape index (κ3) is 3.18. The second-order valence-corrected chi connectivity index (χ2v) is 5.57. The van der Waals surface area contributed by atoms with E-state index in [-0.39, 0.29) is 5.91 Å². The fourth-order valence-corrected chi connectivity index (χ4v) is 2.93. The zero-order valence-electron chi connectivity index (χ0n) is 12.0. The topological polar surface area (TPSA) is 51.3 Å². The Bertz CT molecular complexity index is 419. The fraction of sp³-hybridized carbons (Fsp3) is 0.667. The van der Waals surface area contributed by atoms with Crippen LogP contribution in [0.15, 0.2) is 18.3 Å². The quantitative estimate of drug-likeness (QED) is 0.905. The van der Waals surface area contributed by atoms with Crippen LogP contribution in [-0.4, -0.2) is 34.0 Å². The van der Waals surface area contributed by atoms with Crippen LogP contribution in [0.3, 0.4) is 0 Å². The minimum absolute atomic E-state index is 0.162. The Kier molecular flexibility index (Phi) is 4.64. The van der Waals surface area contributed by atoms with Gasteiger partial charge in [-0.05, 0) is 44.2 Å². The molecular weight excluding hydrogens is 238 g/mol. The molecule has 0 bridgehead atoms.